The van der Waals surface area contributed by atoms with E-state index in [9.17, 15) is 13.5 Å². The molecule has 0 aliphatic carbocycles. The van der Waals surface area contributed by atoms with E-state index in [4.69, 9.17) is 4.74 Å². The van der Waals surface area contributed by atoms with Crippen molar-refractivity contribution in [3.8, 4) is 11.5 Å². The maximum atomic E-state index is 11.6. The zero-order valence-corrected chi connectivity index (χ0v) is 21.2. The van der Waals surface area contributed by atoms with Crippen LogP contribution in [0.25, 0.3) is 0 Å². The van der Waals surface area contributed by atoms with Gasteiger partial charge in [0.2, 0.25) is 10.0 Å². The zero-order valence-electron chi connectivity index (χ0n) is 15.3. The molecule has 1 aliphatic rings. The Kier molecular flexibility index (Phi) is 8.10. The molecular weight excluding hydrogens is 630 g/mol. The molecule has 1 aliphatic heterocycles. The van der Waals surface area contributed by atoms with Gasteiger partial charge in [-0.1, -0.05) is 0 Å². The molecule has 0 spiro atoms. The monoisotopic (exact) mass is 650 g/mol. The minimum Gasteiger partial charge on any atom is -0.506 e. The first kappa shape index (κ1) is 23.8. The molecule has 1 atom stereocenters. The summed E-state index contributed by atoms with van der Waals surface area (Å²) >= 11 is 4.54. The van der Waals surface area contributed by atoms with Gasteiger partial charge >= 0.3 is 0 Å². The average molecular weight is 651 g/mol. The van der Waals surface area contributed by atoms with E-state index in [1.807, 2.05) is 0 Å². The molecule has 10 heteroatoms. The lowest BCUT2D eigenvalue weighted by Gasteiger charge is -2.28. The van der Waals surface area contributed by atoms with Crippen LogP contribution in [0.1, 0.15) is 22.7 Å². The van der Waals surface area contributed by atoms with Crippen LogP contribution in [0.15, 0.2) is 24.3 Å². The van der Waals surface area contributed by atoms with Gasteiger partial charge in [-0.3, -0.25) is 4.72 Å². The Morgan fingerprint density at radius 1 is 1.25 bits per heavy atom. The maximum absolute atomic E-state index is 11.6. The molecule has 28 heavy (non-hydrogen) atoms. The van der Waals surface area contributed by atoms with Crippen molar-refractivity contribution in [2.45, 2.75) is 18.9 Å². The lowest BCUT2D eigenvalue weighted by molar-refractivity contribution is 0.408. The number of aromatic hydroxyl groups is 1. The lowest BCUT2D eigenvalue weighted by Crippen LogP contribution is -2.31. The lowest BCUT2D eigenvalue weighted by atomic mass is 9.89. The maximum Gasteiger partial charge on any atom is 0.229 e. The minimum atomic E-state index is -3.47. The number of anilines is 1. The van der Waals surface area contributed by atoms with E-state index in [-0.39, 0.29) is 29.9 Å². The average Bonchev–Trinajstić information content (AvgIpc) is 2.55. The van der Waals surface area contributed by atoms with E-state index in [2.05, 4.69) is 67.4 Å². The van der Waals surface area contributed by atoms with Gasteiger partial charge in [0.25, 0.3) is 0 Å². The van der Waals surface area contributed by atoms with E-state index >= 15 is 0 Å². The number of halogens is 3. The minimum absolute atomic E-state index is 0. The van der Waals surface area contributed by atoms with Gasteiger partial charge in [0, 0.05) is 6.04 Å². The van der Waals surface area contributed by atoms with Crippen molar-refractivity contribution < 1.29 is 18.3 Å². The van der Waals surface area contributed by atoms with Crippen LogP contribution in [0.4, 0.5) is 5.69 Å². The Morgan fingerprint density at radius 2 is 1.89 bits per heavy atom. The first-order chi connectivity index (χ1) is 12.7. The number of ether oxygens (including phenoxy) is 1. The van der Waals surface area contributed by atoms with Crippen molar-refractivity contribution in [2.24, 2.45) is 0 Å². The van der Waals surface area contributed by atoms with E-state index in [0.717, 1.165) is 49.7 Å². The van der Waals surface area contributed by atoms with Crippen LogP contribution in [0.2, 0.25) is 0 Å². The van der Waals surface area contributed by atoms with E-state index in [1.54, 1.807) is 19.2 Å². The molecule has 0 amide bonds. The molecule has 0 radical (unpaired) electrons. The normalized spacial score (nSPS) is 16.1. The van der Waals surface area contributed by atoms with Crippen LogP contribution in [0.5, 0.6) is 11.5 Å². The number of methoxy groups -OCH3 is 1. The van der Waals surface area contributed by atoms with Gasteiger partial charge in [0.05, 0.1) is 26.2 Å². The molecule has 0 saturated heterocycles. The van der Waals surface area contributed by atoms with Crippen LogP contribution < -0.4 is 14.8 Å². The van der Waals surface area contributed by atoms with Gasteiger partial charge in [0.15, 0.2) is 0 Å². The van der Waals surface area contributed by atoms with Gasteiger partial charge in [-0.25, -0.2) is 8.42 Å². The number of sulfonamides is 1. The number of fused-ring (bicyclic) bond motifs is 1. The highest BCUT2D eigenvalue weighted by Gasteiger charge is 2.23. The van der Waals surface area contributed by atoms with Gasteiger partial charge in [-0.15, -0.1) is 12.4 Å². The second-order valence-corrected chi connectivity index (χ2v) is 10.6. The van der Waals surface area contributed by atoms with Crippen LogP contribution in [-0.4, -0.2) is 33.4 Å². The molecule has 2 aromatic rings. The molecule has 2 aromatic carbocycles. The van der Waals surface area contributed by atoms with Crippen molar-refractivity contribution in [3.63, 3.8) is 0 Å². The van der Waals surface area contributed by atoms with E-state index < -0.39 is 10.0 Å². The topological polar surface area (TPSA) is 87.7 Å². The molecule has 1 unspecified atom stereocenters. The predicted octanol–water partition coefficient (Wildman–Crippen LogP) is 3.83. The molecule has 0 saturated carbocycles. The summed E-state index contributed by atoms with van der Waals surface area (Å²) in [6, 6.07) is 7.65. The number of nitrogens with one attached hydrogen (secondary N) is 2. The van der Waals surface area contributed by atoms with Crippen LogP contribution in [0, 0.1) is 7.14 Å². The Labute approximate surface area is 198 Å². The Hall–Kier alpha value is -0.500. The highest BCUT2D eigenvalue weighted by atomic mass is 127. The van der Waals surface area contributed by atoms with Crippen molar-refractivity contribution in [1.82, 2.24) is 5.32 Å². The molecule has 0 fully saturated rings. The second kappa shape index (κ2) is 9.54. The van der Waals surface area contributed by atoms with Crippen molar-refractivity contribution in [3.05, 3.63) is 48.1 Å². The Bertz CT molecular complexity index is 963. The third-order valence-corrected chi connectivity index (χ3v) is 6.61. The molecule has 6 nitrogen and oxygen atoms in total. The number of rotatable bonds is 5. The summed E-state index contributed by atoms with van der Waals surface area (Å²) in [7, 11) is -1.80. The standard InChI is InChI=1S/C18H20I2N2O4S.ClH/c1-26-18-13(19)5-10(6-14(18)20)7-15-12-9-16(22-27(2,24)25)17(23)8-11(12)3-4-21-15;/h5-6,8-9,15,21-23H,3-4,7H2,1-2H3;1H. The largest absolute Gasteiger partial charge is 0.506 e. The summed E-state index contributed by atoms with van der Waals surface area (Å²) in [4.78, 5) is 0. The highest BCUT2D eigenvalue weighted by Crippen LogP contribution is 2.36. The number of hydrogen-bond donors (Lipinski definition) is 3. The molecule has 154 valence electrons. The summed E-state index contributed by atoms with van der Waals surface area (Å²) in [5.74, 6) is 0.829. The fourth-order valence-electron chi connectivity index (χ4n) is 3.30. The van der Waals surface area contributed by atoms with Crippen LogP contribution in [0.3, 0.4) is 0 Å². The number of benzene rings is 2. The summed E-state index contributed by atoms with van der Waals surface area (Å²) in [6.07, 6.45) is 2.62. The fourth-order valence-corrected chi connectivity index (χ4v) is 6.21. The first-order valence-electron chi connectivity index (χ1n) is 8.27. The third-order valence-electron chi connectivity index (χ3n) is 4.42. The van der Waals surface area contributed by atoms with Crippen molar-refractivity contribution in [1.29, 1.82) is 0 Å². The summed E-state index contributed by atoms with van der Waals surface area (Å²) in [6.45, 7) is 0.806. The number of phenolic OH excluding ortho intramolecular Hbond substituents is 1. The van der Waals surface area contributed by atoms with Gasteiger partial charge < -0.3 is 15.2 Å². The smallest absolute Gasteiger partial charge is 0.229 e. The number of hydrogen-bond acceptors (Lipinski definition) is 5. The SMILES string of the molecule is COc1c(I)cc(CC2NCCc3cc(O)c(NS(C)(=O)=O)cc32)cc1I.Cl. The van der Waals surface area contributed by atoms with E-state index in [1.165, 1.54) is 5.56 Å². The third kappa shape index (κ3) is 5.55. The van der Waals surface area contributed by atoms with Crippen LogP contribution >= 0.6 is 57.6 Å². The molecule has 0 bridgehead atoms. The predicted molar refractivity (Wildman–Crippen MR) is 130 cm³/mol. The second-order valence-electron chi connectivity index (χ2n) is 6.50. The van der Waals surface area contributed by atoms with Gasteiger partial charge in [-0.05, 0) is 106 Å². The Balaban J connectivity index is 0.00000280. The molecule has 3 rings (SSSR count). The van der Waals surface area contributed by atoms with Gasteiger partial charge in [-0.2, -0.15) is 0 Å². The van der Waals surface area contributed by atoms with Crippen molar-refractivity contribution in [2.75, 3.05) is 24.6 Å². The van der Waals surface area contributed by atoms with Crippen LogP contribution in [-0.2, 0) is 22.9 Å². The van der Waals surface area contributed by atoms with E-state index in [0.29, 0.717) is 0 Å². The summed E-state index contributed by atoms with van der Waals surface area (Å²) in [5, 5.41) is 13.7. The van der Waals surface area contributed by atoms with Crippen molar-refractivity contribution >= 4 is 73.3 Å². The molecule has 1 heterocycles. The van der Waals surface area contributed by atoms with Gasteiger partial charge in [0.1, 0.15) is 11.5 Å². The Morgan fingerprint density at radius 3 is 2.46 bits per heavy atom. The molecule has 3 N–H and O–H groups in total. The summed E-state index contributed by atoms with van der Waals surface area (Å²) in [5.41, 5.74) is 3.42. The first-order valence-corrected chi connectivity index (χ1v) is 12.3. The molecule has 0 aromatic heterocycles. The number of phenols is 1. The summed E-state index contributed by atoms with van der Waals surface area (Å²) < 4.78 is 33.1. The highest BCUT2D eigenvalue weighted by molar-refractivity contribution is 14.1. The zero-order chi connectivity index (χ0) is 19.8. The molecular formula is C18H21ClI2N2O4S. The fraction of sp³-hybridized carbons (Fsp3) is 0.333. The quantitative estimate of drug-likeness (QED) is 0.339.